The summed E-state index contributed by atoms with van der Waals surface area (Å²) >= 11 is 0. The third-order valence-electron chi connectivity index (χ3n) is 3.74. The molecule has 2 heterocycles. The minimum absolute atomic E-state index is 0.0291. The number of rotatable bonds is 2. The first-order valence-corrected chi connectivity index (χ1v) is 5.76. The van der Waals surface area contributed by atoms with Crippen LogP contribution >= 0.6 is 0 Å². The Bertz CT molecular complexity index is 296. The fourth-order valence-electron chi connectivity index (χ4n) is 2.64. The molecule has 16 heavy (non-hydrogen) atoms. The second-order valence-corrected chi connectivity index (χ2v) is 4.86. The van der Waals surface area contributed by atoms with Crippen molar-refractivity contribution in [1.29, 1.82) is 0 Å². The molecule has 0 saturated carbocycles. The van der Waals surface area contributed by atoms with Gasteiger partial charge in [0.05, 0.1) is 13.2 Å². The van der Waals surface area contributed by atoms with Gasteiger partial charge in [-0.2, -0.15) is 0 Å². The SMILES string of the molecule is CC(C)[C@@]1(CF)N=C(N)O[C@@H]2CCOC[C@@H]21. The van der Waals surface area contributed by atoms with Gasteiger partial charge >= 0.3 is 0 Å². The van der Waals surface area contributed by atoms with Crippen LogP contribution < -0.4 is 5.73 Å². The van der Waals surface area contributed by atoms with Crippen LogP contribution in [-0.2, 0) is 9.47 Å². The van der Waals surface area contributed by atoms with Crippen LogP contribution in [0.25, 0.3) is 0 Å². The molecule has 2 rings (SSSR count). The van der Waals surface area contributed by atoms with Gasteiger partial charge in [-0.15, -0.1) is 0 Å². The van der Waals surface area contributed by atoms with Crippen molar-refractivity contribution in [3.05, 3.63) is 0 Å². The van der Waals surface area contributed by atoms with E-state index in [-0.39, 0.29) is 24.0 Å². The van der Waals surface area contributed by atoms with Gasteiger partial charge in [-0.05, 0) is 5.92 Å². The molecule has 2 aliphatic heterocycles. The standard InChI is InChI=1S/C11H19FN2O2/c1-7(2)11(6-12)8-5-15-4-3-9(8)16-10(13)14-11/h7-9H,3-6H2,1-2H3,(H2,13,14)/t8-,9+,11+/m0/s1. The predicted octanol–water partition coefficient (Wildman–Crippen LogP) is 1.10. The lowest BCUT2D eigenvalue weighted by molar-refractivity contribution is -0.0864. The number of ether oxygens (including phenoxy) is 2. The van der Waals surface area contributed by atoms with Crippen molar-refractivity contribution in [2.24, 2.45) is 22.6 Å². The second-order valence-electron chi connectivity index (χ2n) is 4.86. The number of nitrogens with two attached hydrogens (primary N) is 1. The van der Waals surface area contributed by atoms with Crippen LogP contribution in [0.15, 0.2) is 4.99 Å². The van der Waals surface area contributed by atoms with Gasteiger partial charge < -0.3 is 15.2 Å². The number of alkyl halides is 1. The minimum Gasteiger partial charge on any atom is -0.462 e. The van der Waals surface area contributed by atoms with E-state index in [0.29, 0.717) is 13.2 Å². The molecule has 0 spiro atoms. The smallest absolute Gasteiger partial charge is 0.282 e. The molecule has 5 heteroatoms. The maximum absolute atomic E-state index is 13.5. The molecule has 2 N–H and O–H groups in total. The normalized spacial score (nSPS) is 38.9. The van der Waals surface area contributed by atoms with Crippen LogP contribution in [0.1, 0.15) is 20.3 Å². The van der Waals surface area contributed by atoms with E-state index >= 15 is 0 Å². The highest BCUT2D eigenvalue weighted by atomic mass is 19.1. The second kappa shape index (κ2) is 4.20. The summed E-state index contributed by atoms with van der Waals surface area (Å²) in [7, 11) is 0. The number of halogens is 1. The van der Waals surface area contributed by atoms with Crippen molar-refractivity contribution in [2.75, 3.05) is 19.9 Å². The van der Waals surface area contributed by atoms with Gasteiger partial charge in [-0.3, -0.25) is 0 Å². The zero-order valence-corrected chi connectivity index (χ0v) is 9.78. The number of aliphatic imine (C=N–C) groups is 1. The molecular formula is C11H19FN2O2. The van der Waals surface area contributed by atoms with Crippen LogP contribution in [0.3, 0.4) is 0 Å². The monoisotopic (exact) mass is 230 g/mol. The maximum atomic E-state index is 13.5. The summed E-state index contributed by atoms with van der Waals surface area (Å²) < 4.78 is 24.4. The summed E-state index contributed by atoms with van der Waals surface area (Å²) in [4.78, 5) is 4.23. The van der Waals surface area contributed by atoms with Gasteiger partial charge in [-0.25, -0.2) is 9.38 Å². The summed E-state index contributed by atoms with van der Waals surface area (Å²) in [5.74, 6) is 0.0488. The fourth-order valence-corrected chi connectivity index (χ4v) is 2.64. The molecule has 0 radical (unpaired) electrons. The molecule has 4 nitrogen and oxygen atoms in total. The third kappa shape index (κ3) is 1.67. The lowest BCUT2D eigenvalue weighted by atomic mass is 9.72. The molecular weight excluding hydrogens is 211 g/mol. The van der Waals surface area contributed by atoms with Crippen molar-refractivity contribution in [3.8, 4) is 0 Å². The zero-order chi connectivity index (χ0) is 11.8. The third-order valence-corrected chi connectivity index (χ3v) is 3.74. The summed E-state index contributed by atoms with van der Waals surface area (Å²) in [5.41, 5.74) is 4.88. The summed E-state index contributed by atoms with van der Waals surface area (Å²) in [6.45, 7) is 4.57. The van der Waals surface area contributed by atoms with Crippen LogP contribution in [0.5, 0.6) is 0 Å². The van der Waals surface area contributed by atoms with E-state index in [1.54, 1.807) is 0 Å². The van der Waals surface area contributed by atoms with Crippen LogP contribution in [-0.4, -0.2) is 37.6 Å². The molecule has 0 aromatic carbocycles. The molecule has 0 amide bonds. The number of hydrogen-bond donors (Lipinski definition) is 1. The van der Waals surface area contributed by atoms with Gasteiger partial charge in [0.2, 0.25) is 0 Å². The Morgan fingerprint density at radius 1 is 1.62 bits per heavy atom. The van der Waals surface area contributed by atoms with E-state index in [2.05, 4.69) is 4.99 Å². The predicted molar refractivity (Wildman–Crippen MR) is 59.0 cm³/mol. The van der Waals surface area contributed by atoms with Crippen molar-refractivity contribution in [1.82, 2.24) is 0 Å². The Hall–Kier alpha value is -0.840. The van der Waals surface area contributed by atoms with E-state index in [1.165, 1.54) is 0 Å². The molecule has 0 bridgehead atoms. The molecule has 2 aliphatic rings. The Morgan fingerprint density at radius 3 is 3.00 bits per heavy atom. The minimum atomic E-state index is -0.770. The first-order valence-electron chi connectivity index (χ1n) is 5.76. The van der Waals surface area contributed by atoms with Crippen molar-refractivity contribution in [2.45, 2.75) is 31.9 Å². The highest BCUT2D eigenvalue weighted by Gasteiger charge is 2.51. The van der Waals surface area contributed by atoms with Crippen molar-refractivity contribution in [3.63, 3.8) is 0 Å². The van der Waals surface area contributed by atoms with Crippen LogP contribution in [0.4, 0.5) is 4.39 Å². The van der Waals surface area contributed by atoms with Crippen LogP contribution in [0, 0.1) is 11.8 Å². The first kappa shape index (κ1) is 11.6. The quantitative estimate of drug-likeness (QED) is 0.773. The topological polar surface area (TPSA) is 56.8 Å². The summed E-state index contributed by atoms with van der Waals surface area (Å²) in [5, 5.41) is 0. The molecule has 0 aliphatic carbocycles. The van der Waals surface area contributed by atoms with Crippen molar-refractivity contribution < 1.29 is 13.9 Å². The van der Waals surface area contributed by atoms with Gasteiger partial charge in [0.15, 0.2) is 0 Å². The van der Waals surface area contributed by atoms with Crippen LogP contribution in [0.2, 0.25) is 0 Å². The van der Waals surface area contributed by atoms with E-state index < -0.39 is 12.2 Å². The molecule has 0 unspecified atom stereocenters. The number of amidine groups is 1. The Labute approximate surface area is 95.0 Å². The fraction of sp³-hybridized carbons (Fsp3) is 0.909. The van der Waals surface area contributed by atoms with E-state index in [4.69, 9.17) is 15.2 Å². The van der Waals surface area contributed by atoms with Gasteiger partial charge in [0.1, 0.15) is 18.3 Å². The van der Waals surface area contributed by atoms with E-state index in [0.717, 1.165) is 6.42 Å². The largest absolute Gasteiger partial charge is 0.462 e. The molecule has 92 valence electrons. The Balaban J connectivity index is 2.35. The number of nitrogens with zero attached hydrogens (tertiary/aromatic N) is 1. The average molecular weight is 230 g/mol. The van der Waals surface area contributed by atoms with E-state index in [9.17, 15) is 4.39 Å². The number of fused-ring (bicyclic) bond motifs is 1. The molecule has 0 aromatic heterocycles. The highest BCUT2D eigenvalue weighted by Crippen LogP contribution is 2.40. The lowest BCUT2D eigenvalue weighted by Crippen LogP contribution is -2.58. The van der Waals surface area contributed by atoms with Crippen molar-refractivity contribution >= 4 is 6.02 Å². The van der Waals surface area contributed by atoms with Gasteiger partial charge in [-0.1, -0.05) is 13.8 Å². The Kier molecular flexibility index (Phi) is 3.06. The summed E-state index contributed by atoms with van der Waals surface area (Å²) in [6.07, 6.45) is 0.708. The summed E-state index contributed by atoms with van der Waals surface area (Å²) in [6, 6.07) is 0.120. The van der Waals surface area contributed by atoms with Gasteiger partial charge in [0, 0.05) is 12.3 Å². The van der Waals surface area contributed by atoms with E-state index in [1.807, 2.05) is 13.8 Å². The average Bonchev–Trinajstić information content (AvgIpc) is 2.27. The molecule has 1 fully saturated rings. The molecule has 1 saturated heterocycles. The first-order chi connectivity index (χ1) is 7.60. The molecule has 3 atom stereocenters. The maximum Gasteiger partial charge on any atom is 0.282 e. The Morgan fingerprint density at radius 2 is 2.38 bits per heavy atom. The zero-order valence-electron chi connectivity index (χ0n) is 9.78. The van der Waals surface area contributed by atoms with Gasteiger partial charge in [0.25, 0.3) is 6.02 Å². The lowest BCUT2D eigenvalue weighted by Gasteiger charge is -2.47. The number of hydrogen-bond acceptors (Lipinski definition) is 4. The highest BCUT2D eigenvalue weighted by molar-refractivity contribution is 5.73. The molecule has 0 aromatic rings.